The van der Waals surface area contributed by atoms with Gasteiger partial charge in [0.1, 0.15) is 6.61 Å². The molecule has 1 aliphatic rings. The van der Waals surface area contributed by atoms with Crippen molar-refractivity contribution in [2.45, 2.75) is 65.2 Å². The second-order valence-corrected chi connectivity index (χ2v) is 7.74. The summed E-state index contributed by atoms with van der Waals surface area (Å²) in [5.74, 6) is 0.566. The van der Waals surface area contributed by atoms with Crippen LogP contribution in [-0.4, -0.2) is 35.5 Å². The van der Waals surface area contributed by atoms with Crippen LogP contribution in [0, 0.1) is 6.92 Å². The van der Waals surface area contributed by atoms with Crippen molar-refractivity contribution in [1.29, 1.82) is 0 Å². The normalized spacial score (nSPS) is 20.3. The molecule has 0 aromatic carbocycles. The summed E-state index contributed by atoms with van der Waals surface area (Å²) in [5, 5.41) is 0. The van der Waals surface area contributed by atoms with Crippen molar-refractivity contribution in [3.8, 4) is 5.88 Å². The number of rotatable bonds is 4. The Morgan fingerprint density at radius 3 is 2.23 bits per heavy atom. The molecule has 0 bridgehead atoms. The van der Waals surface area contributed by atoms with Gasteiger partial charge in [-0.15, -0.1) is 0 Å². The van der Waals surface area contributed by atoms with E-state index in [2.05, 4.69) is 4.98 Å². The molecule has 2 rings (SSSR count). The SMILES string of the molecule is Cc1cc(OCC(C)(C)N)ncc1B1OC(C)(C)C(C)(C)O1. The molecule has 0 saturated carbocycles. The first kappa shape index (κ1) is 17.3. The number of pyridine rings is 1. The smallest absolute Gasteiger partial charge is 0.476 e. The molecule has 22 heavy (non-hydrogen) atoms. The molecule has 5 nitrogen and oxygen atoms in total. The number of aromatic nitrogens is 1. The van der Waals surface area contributed by atoms with E-state index in [1.54, 1.807) is 6.20 Å². The van der Waals surface area contributed by atoms with Crippen LogP contribution in [0.3, 0.4) is 0 Å². The zero-order valence-electron chi connectivity index (χ0n) is 14.7. The second-order valence-electron chi connectivity index (χ2n) is 7.74. The van der Waals surface area contributed by atoms with E-state index in [0.717, 1.165) is 11.0 Å². The second kappa shape index (κ2) is 5.51. The van der Waals surface area contributed by atoms with E-state index in [0.29, 0.717) is 12.5 Å². The average Bonchev–Trinajstić information content (AvgIpc) is 2.55. The molecule has 0 aliphatic carbocycles. The maximum atomic E-state index is 6.06. The Balaban J connectivity index is 2.14. The first-order valence-electron chi connectivity index (χ1n) is 7.65. The van der Waals surface area contributed by atoms with Crippen molar-refractivity contribution in [1.82, 2.24) is 4.98 Å². The summed E-state index contributed by atoms with van der Waals surface area (Å²) in [4.78, 5) is 4.34. The number of nitrogens with zero attached hydrogens (tertiary/aromatic N) is 1. The van der Waals surface area contributed by atoms with E-state index in [1.165, 1.54) is 0 Å². The zero-order chi connectivity index (χ0) is 16.8. The Morgan fingerprint density at radius 2 is 1.77 bits per heavy atom. The lowest BCUT2D eigenvalue weighted by atomic mass is 9.77. The summed E-state index contributed by atoms with van der Waals surface area (Å²) in [6.45, 7) is 14.4. The monoisotopic (exact) mass is 306 g/mol. The lowest BCUT2D eigenvalue weighted by molar-refractivity contribution is 0.00578. The van der Waals surface area contributed by atoms with Crippen LogP contribution in [0.25, 0.3) is 0 Å². The molecule has 0 amide bonds. The maximum Gasteiger partial charge on any atom is 0.496 e. The highest BCUT2D eigenvalue weighted by atomic mass is 16.7. The fourth-order valence-corrected chi connectivity index (χ4v) is 2.10. The standard InChI is InChI=1S/C16H27BN2O3/c1-11-8-13(20-10-14(2,3)18)19-9-12(11)17-21-15(4,5)16(6,7)22-17/h8-9H,10,18H2,1-7H3. The van der Waals surface area contributed by atoms with E-state index >= 15 is 0 Å². The topological polar surface area (TPSA) is 66.6 Å². The van der Waals surface area contributed by atoms with Crippen molar-refractivity contribution < 1.29 is 14.0 Å². The first-order valence-corrected chi connectivity index (χ1v) is 7.65. The summed E-state index contributed by atoms with van der Waals surface area (Å²) in [7, 11) is -0.405. The van der Waals surface area contributed by atoms with E-state index < -0.39 is 7.12 Å². The van der Waals surface area contributed by atoms with Gasteiger partial charge in [0.05, 0.1) is 11.2 Å². The third kappa shape index (κ3) is 3.62. The van der Waals surface area contributed by atoms with Gasteiger partial charge >= 0.3 is 7.12 Å². The molecule has 1 saturated heterocycles. The van der Waals surface area contributed by atoms with Gasteiger partial charge in [-0.25, -0.2) is 4.98 Å². The first-order chi connectivity index (χ1) is 9.91. The molecule has 1 aliphatic heterocycles. The number of ether oxygens (including phenoxy) is 1. The highest BCUT2D eigenvalue weighted by Crippen LogP contribution is 2.36. The van der Waals surface area contributed by atoms with Gasteiger partial charge in [0.2, 0.25) is 5.88 Å². The molecular weight excluding hydrogens is 279 g/mol. The summed E-state index contributed by atoms with van der Waals surface area (Å²) >= 11 is 0. The van der Waals surface area contributed by atoms with Crippen LogP contribution in [0.1, 0.15) is 47.1 Å². The third-order valence-corrected chi connectivity index (χ3v) is 4.23. The average molecular weight is 306 g/mol. The van der Waals surface area contributed by atoms with Gasteiger partial charge < -0.3 is 19.8 Å². The van der Waals surface area contributed by atoms with Crippen LogP contribution in [0.15, 0.2) is 12.3 Å². The molecule has 0 spiro atoms. The van der Waals surface area contributed by atoms with Gasteiger partial charge in [-0.2, -0.15) is 0 Å². The minimum Gasteiger partial charge on any atom is -0.476 e. The van der Waals surface area contributed by atoms with Crippen LogP contribution in [0.4, 0.5) is 0 Å². The minimum absolute atomic E-state index is 0.358. The van der Waals surface area contributed by atoms with Crippen molar-refractivity contribution >= 4 is 12.6 Å². The van der Waals surface area contributed by atoms with E-state index in [4.69, 9.17) is 19.8 Å². The van der Waals surface area contributed by atoms with E-state index in [-0.39, 0.29) is 16.7 Å². The minimum atomic E-state index is -0.405. The fourth-order valence-electron chi connectivity index (χ4n) is 2.10. The Labute approximate surface area is 133 Å². The molecule has 1 aromatic heterocycles. The molecule has 6 heteroatoms. The number of hydrogen-bond acceptors (Lipinski definition) is 5. The van der Waals surface area contributed by atoms with E-state index in [1.807, 2.05) is 54.5 Å². The fraction of sp³-hybridized carbons (Fsp3) is 0.688. The lowest BCUT2D eigenvalue weighted by Crippen LogP contribution is -2.41. The van der Waals surface area contributed by atoms with Crippen molar-refractivity contribution in [3.63, 3.8) is 0 Å². The number of hydrogen-bond donors (Lipinski definition) is 1. The molecule has 1 aromatic rings. The number of nitrogens with two attached hydrogens (primary N) is 1. The quantitative estimate of drug-likeness (QED) is 0.859. The molecule has 1 fully saturated rings. The molecular formula is C16H27BN2O3. The predicted molar refractivity (Wildman–Crippen MR) is 88.5 cm³/mol. The largest absolute Gasteiger partial charge is 0.496 e. The van der Waals surface area contributed by atoms with Crippen LogP contribution in [0.2, 0.25) is 0 Å². The van der Waals surface area contributed by atoms with Gasteiger partial charge in [0.15, 0.2) is 0 Å². The van der Waals surface area contributed by atoms with Crippen LogP contribution < -0.4 is 15.9 Å². The van der Waals surface area contributed by atoms with Crippen LogP contribution >= 0.6 is 0 Å². The number of aryl methyl sites for hydroxylation is 1. The highest BCUT2D eigenvalue weighted by molar-refractivity contribution is 6.62. The van der Waals surface area contributed by atoms with E-state index in [9.17, 15) is 0 Å². The molecule has 0 radical (unpaired) electrons. The van der Waals surface area contributed by atoms with Crippen molar-refractivity contribution in [2.24, 2.45) is 5.73 Å². The highest BCUT2D eigenvalue weighted by Gasteiger charge is 2.52. The van der Waals surface area contributed by atoms with Gasteiger partial charge in [0.25, 0.3) is 0 Å². The van der Waals surface area contributed by atoms with Gasteiger partial charge in [-0.1, -0.05) is 0 Å². The zero-order valence-corrected chi connectivity index (χ0v) is 14.7. The predicted octanol–water partition coefficient (Wildman–Crippen LogP) is 1.81. The van der Waals surface area contributed by atoms with Gasteiger partial charge in [0, 0.05) is 23.3 Å². The summed E-state index contributed by atoms with van der Waals surface area (Å²) in [6, 6.07) is 1.89. The lowest BCUT2D eigenvalue weighted by Gasteiger charge is -2.32. The van der Waals surface area contributed by atoms with Crippen molar-refractivity contribution in [3.05, 3.63) is 17.8 Å². The Hall–Kier alpha value is -1.11. The van der Waals surface area contributed by atoms with Crippen LogP contribution in [0.5, 0.6) is 5.88 Å². The Kier molecular flexibility index (Phi) is 4.32. The van der Waals surface area contributed by atoms with Gasteiger partial charge in [-0.3, -0.25) is 0 Å². The molecule has 122 valence electrons. The summed E-state index contributed by atoms with van der Waals surface area (Å²) < 4.78 is 17.8. The van der Waals surface area contributed by atoms with Crippen LogP contribution in [-0.2, 0) is 9.31 Å². The van der Waals surface area contributed by atoms with Crippen molar-refractivity contribution in [2.75, 3.05) is 6.61 Å². The van der Waals surface area contributed by atoms with Gasteiger partial charge in [-0.05, 0) is 54.0 Å². The molecule has 2 N–H and O–H groups in total. The molecule has 0 atom stereocenters. The molecule has 2 heterocycles. The third-order valence-electron chi connectivity index (χ3n) is 4.23. The summed E-state index contributed by atoms with van der Waals surface area (Å²) in [5.41, 5.74) is 6.77. The Bertz CT molecular complexity index is 537. The summed E-state index contributed by atoms with van der Waals surface area (Å²) in [6.07, 6.45) is 1.76. The molecule has 0 unspecified atom stereocenters. The maximum absolute atomic E-state index is 6.06. The Morgan fingerprint density at radius 1 is 1.23 bits per heavy atom.